The molecule has 1 nitrogen and oxygen atoms in total. The average molecular weight is 177 g/mol. The predicted molar refractivity (Wildman–Crippen MR) is 57.7 cm³/mol. The van der Waals surface area contributed by atoms with E-state index in [-0.39, 0.29) is 0 Å². The van der Waals surface area contributed by atoms with Gasteiger partial charge in [-0.3, -0.25) is 0 Å². The van der Waals surface area contributed by atoms with E-state index in [0.29, 0.717) is 18.9 Å². The van der Waals surface area contributed by atoms with Crippen molar-refractivity contribution in [3.05, 3.63) is 55.7 Å². The molecule has 0 heterocycles. The maximum atomic E-state index is 9.56. The average Bonchev–Trinajstić information content (AvgIpc) is 2.12. The summed E-state index contributed by atoms with van der Waals surface area (Å²) < 4.78 is 0. The van der Waals surface area contributed by atoms with Gasteiger partial charge in [0, 0.05) is 6.42 Å². The molecule has 13 heavy (non-hydrogen) atoms. The number of aliphatic hydroxyl groups excluding tert-OH is 1. The van der Waals surface area contributed by atoms with E-state index < -0.39 is 0 Å². The van der Waals surface area contributed by atoms with Gasteiger partial charge in [-0.1, -0.05) is 24.3 Å². The van der Waals surface area contributed by atoms with Crippen LogP contribution >= 0.6 is 0 Å². The number of hydrogen-bond acceptors (Lipinski definition) is 1. The number of aliphatic hydroxyl groups is 1. The SMILES string of the molecule is C=CCC=C(CC=C)[C](O)CC=C. The molecule has 0 aliphatic heterocycles. The van der Waals surface area contributed by atoms with Crippen LogP contribution in [0.15, 0.2) is 49.6 Å². The third-order valence-corrected chi connectivity index (χ3v) is 1.60. The van der Waals surface area contributed by atoms with E-state index in [1.807, 2.05) is 6.08 Å². The summed E-state index contributed by atoms with van der Waals surface area (Å²) in [6.45, 7) is 10.8. The van der Waals surface area contributed by atoms with Crippen molar-refractivity contribution in [1.82, 2.24) is 0 Å². The highest BCUT2D eigenvalue weighted by atomic mass is 16.3. The van der Waals surface area contributed by atoms with Crippen LogP contribution in [-0.4, -0.2) is 5.11 Å². The van der Waals surface area contributed by atoms with E-state index in [1.165, 1.54) is 0 Å². The van der Waals surface area contributed by atoms with Crippen molar-refractivity contribution in [2.24, 2.45) is 0 Å². The van der Waals surface area contributed by atoms with Gasteiger partial charge in [0.2, 0.25) is 0 Å². The van der Waals surface area contributed by atoms with Crippen LogP contribution in [0.5, 0.6) is 0 Å². The smallest absolute Gasteiger partial charge is 0.122 e. The van der Waals surface area contributed by atoms with Crippen molar-refractivity contribution in [3.63, 3.8) is 0 Å². The van der Waals surface area contributed by atoms with E-state index in [1.54, 1.807) is 18.2 Å². The third kappa shape index (κ3) is 5.21. The second-order valence-corrected chi connectivity index (χ2v) is 2.69. The molecule has 0 aromatic carbocycles. The minimum Gasteiger partial charge on any atom is -0.382 e. The zero-order valence-electron chi connectivity index (χ0n) is 8.00. The van der Waals surface area contributed by atoms with Gasteiger partial charge in [-0.2, -0.15) is 0 Å². The molecule has 0 fully saturated rings. The van der Waals surface area contributed by atoms with Gasteiger partial charge >= 0.3 is 0 Å². The Balaban J connectivity index is 4.28. The maximum Gasteiger partial charge on any atom is 0.122 e. The standard InChI is InChI=1S/C12H17O/c1-4-7-10-11(8-5-2)12(13)9-6-3/h4-6,10,13H,1-3,7-9H2. The minimum atomic E-state index is 0.372. The van der Waals surface area contributed by atoms with Crippen molar-refractivity contribution >= 4 is 0 Å². The monoisotopic (exact) mass is 177 g/mol. The molecule has 0 aromatic rings. The molecule has 0 aromatic heterocycles. The molecule has 0 atom stereocenters. The van der Waals surface area contributed by atoms with E-state index in [2.05, 4.69) is 19.7 Å². The van der Waals surface area contributed by atoms with Crippen LogP contribution in [0.25, 0.3) is 0 Å². The molecule has 0 aliphatic carbocycles. The summed E-state index contributed by atoms with van der Waals surface area (Å²) in [5.74, 6) is 0. The van der Waals surface area contributed by atoms with Gasteiger partial charge in [0.1, 0.15) is 6.10 Å². The highest BCUT2D eigenvalue weighted by molar-refractivity contribution is 5.23. The zero-order chi connectivity index (χ0) is 10.1. The molecule has 0 unspecified atom stereocenters. The maximum absolute atomic E-state index is 9.56. The van der Waals surface area contributed by atoms with E-state index in [0.717, 1.165) is 12.0 Å². The van der Waals surface area contributed by atoms with Crippen LogP contribution in [-0.2, 0) is 0 Å². The quantitative estimate of drug-likeness (QED) is 0.590. The molecule has 0 saturated carbocycles. The van der Waals surface area contributed by atoms with E-state index in [9.17, 15) is 5.11 Å². The first-order valence-electron chi connectivity index (χ1n) is 4.33. The van der Waals surface area contributed by atoms with Crippen LogP contribution in [0, 0.1) is 6.10 Å². The van der Waals surface area contributed by atoms with Gasteiger partial charge in [0.05, 0.1) is 0 Å². The van der Waals surface area contributed by atoms with Gasteiger partial charge in [-0.15, -0.1) is 19.7 Å². The normalized spacial score (nSPS) is 11.4. The fraction of sp³-hybridized carbons (Fsp3) is 0.250. The van der Waals surface area contributed by atoms with E-state index >= 15 is 0 Å². The first kappa shape index (κ1) is 11.9. The number of allylic oxidation sites excluding steroid dienone is 3. The van der Waals surface area contributed by atoms with Gasteiger partial charge < -0.3 is 5.11 Å². The first-order chi connectivity index (χ1) is 6.26. The number of hydrogen-bond donors (Lipinski definition) is 1. The summed E-state index contributed by atoms with van der Waals surface area (Å²) >= 11 is 0. The van der Waals surface area contributed by atoms with Crippen molar-refractivity contribution in [2.45, 2.75) is 19.3 Å². The molecule has 0 amide bonds. The Bertz CT molecular complexity index is 201. The van der Waals surface area contributed by atoms with Crippen LogP contribution < -0.4 is 0 Å². The van der Waals surface area contributed by atoms with Crippen LogP contribution in [0.1, 0.15) is 19.3 Å². The fourth-order valence-corrected chi connectivity index (χ4v) is 0.968. The van der Waals surface area contributed by atoms with Crippen LogP contribution in [0.3, 0.4) is 0 Å². The summed E-state index contributed by atoms with van der Waals surface area (Å²) in [6, 6.07) is 0. The molecule has 71 valence electrons. The molecule has 1 N–H and O–H groups in total. The van der Waals surface area contributed by atoms with Gasteiger partial charge in [0.15, 0.2) is 0 Å². The second kappa shape index (κ2) is 7.56. The molecular weight excluding hydrogens is 160 g/mol. The van der Waals surface area contributed by atoms with Gasteiger partial charge in [0.25, 0.3) is 0 Å². The predicted octanol–water partition coefficient (Wildman–Crippen LogP) is 3.55. The van der Waals surface area contributed by atoms with Crippen molar-refractivity contribution in [3.8, 4) is 0 Å². The Hall–Kier alpha value is -1.08. The Kier molecular flexibility index (Phi) is 6.93. The minimum absolute atomic E-state index is 0.372. The molecule has 0 rings (SSSR count). The Labute approximate surface area is 80.8 Å². The molecule has 0 saturated heterocycles. The lowest BCUT2D eigenvalue weighted by Crippen LogP contribution is -1.98. The highest BCUT2D eigenvalue weighted by Gasteiger charge is 2.07. The lowest BCUT2D eigenvalue weighted by molar-refractivity contribution is 0.319. The molecule has 0 spiro atoms. The Morgan fingerprint density at radius 3 is 2.08 bits per heavy atom. The lowest BCUT2D eigenvalue weighted by Gasteiger charge is -2.09. The topological polar surface area (TPSA) is 20.2 Å². The van der Waals surface area contributed by atoms with E-state index in [4.69, 9.17) is 0 Å². The second-order valence-electron chi connectivity index (χ2n) is 2.69. The van der Waals surface area contributed by atoms with Gasteiger partial charge in [-0.05, 0) is 18.4 Å². The lowest BCUT2D eigenvalue weighted by atomic mass is 10.0. The third-order valence-electron chi connectivity index (χ3n) is 1.60. The summed E-state index contributed by atoms with van der Waals surface area (Å²) in [6.07, 6.45) is 9.54. The van der Waals surface area contributed by atoms with Crippen LogP contribution in [0.2, 0.25) is 0 Å². The summed E-state index contributed by atoms with van der Waals surface area (Å²) in [5, 5.41) is 9.56. The van der Waals surface area contributed by atoms with Crippen molar-refractivity contribution in [1.29, 1.82) is 0 Å². The molecule has 1 heteroatoms. The number of rotatable bonds is 7. The highest BCUT2D eigenvalue weighted by Crippen LogP contribution is 2.19. The Morgan fingerprint density at radius 1 is 1.00 bits per heavy atom. The molecule has 0 bridgehead atoms. The Morgan fingerprint density at radius 2 is 1.62 bits per heavy atom. The summed E-state index contributed by atoms with van der Waals surface area (Å²) in [7, 11) is 0. The van der Waals surface area contributed by atoms with Crippen LogP contribution in [0.4, 0.5) is 0 Å². The summed E-state index contributed by atoms with van der Waals surface area (Å²) in [5.41, 5.74) is 0.912. The fourth-order valence-electron chi connectivity index (χ4n) is 0.968. The van der Waals surface area contributed by atoms with Crippen molar-refractivity contribution < 1.29 is 5.11 Å². The molecule has 1 radical (unpaired) electrons. The first-order valence-corrected chi connectivity index (χ1v) is 4.33. The molecule has 0 aliphatic rings. The van der Waals surface area contributed by atoms with Crippen molar-refractivity contribution in [2.75, 3.05) is 0 Å². The zero-order valence-corrected chi connectivity index (χ0v) is 8.00. The summed E-state index contributed by atoms with van der Waals surface area (Å²) in [4.78, 5) is 0. The largest absolute Gasteiger partial charge is 0.382 e. The van der Waals surface area contributed by atoms with Gasteiger partial charge in [-0.25, -0.2) is 0 Å². The molecular formula is C12H17O.